The van der Waals surface area contributed by atoms with Crippen molar-refractivity contribution in [3.8, 4) is 0 Å². The van der Waals surface area contributed by atoms with Crippen LogP contribution in [0.5, 0.6) is 0 Å². The first-order valence-electron chi connectivity index (χ1n) is 7.82. The minimum absolute atomic E-state index is 0.220. The van der Waals surface area contributed by atoms with E-state index in [0.717, 1.165) is 31.3 Å². The fraction of sp³-hybridized carbons (Fsp3) is 0.333. The third-order valence-electron chi connectivity index (χ3n) is 4.82. The molecule has 2 aliphatic rings. The molecule has 1 saturated heterocycles. The molecule has 0 amide bonds. The molecule has 23 heavy (non-hydrogen) atoms. The Morgan fingerprint density at radius 1 is 1.04 bits per heavy atom. The minimum atomic E-state index is -4.32. The van der Waals surface area contributed by atoms with Crippen molar-refractivity contribution in [3.63, 3.8) is 0 Å². The minimum Gasteiger partial charge on any atom is -0.337 e. The van der Waals surface area contributed by atoms with Gasteiger partial charge in [0.15, 0.2) is 0 Å². The van der Waals surface area contributed by atoms with Gasteiger partial charge in [-0.2, -0.15) is 13.2 Å². The zero-order chi connectivity index (χ0) is 16.0. The third kappa shape index (κ3) is 2.39. The Bertz CT molecular complexity index is 726. The summed E-state index contributed by atoms with van der Waals surface area (Å²) in [4.78, 5) is 2.09. The van der Waals surface area contributed by atoms with Gasteiger partial charge in [0, 0.05) is 29.9 Å². The number of rotatable bonds is 1. The van der Waals surface area contributed by atoms with Gasteiger partial charge in [0.05, 0.1) is 5.56 Å². The molecule has 2 aliphatic heterocycles. The molecule has 1 fully saturated rings. The maximum absolute atomic E-state index is 13.1. The largest absolute Gasteiger partial charge is 0.416 e. The lowest BCUT2D eigenvalue weighted by Gasteiger charge is -2.34. The number of alkyl halides is 3. The second-order valence-corrected chi connectivity index (χ2v) is 6.14. The van der Waals surface area contributed by atoms with Gasteiger partial charge in [-0.05, 0) is 42.8 Å². The predicted molar refractivity (Wildman–Crippen MR) is 84.0 cm³/mol. The lowest BCUT2D eigenvalue weighted by molar-refractivity contribution is -0.137. The monoisotopic (exact) mass is 318 g/mol. The van der Waals surface area contributed by atoms with Crippen molar-refractivity contribution in [3.05, 3.63) is 59.7 Å². The zero-order valence-corrected chi connectivity index (χ0v) is 12.5. The Morgan fingerprint density at radius 3 is 2.70 bits per heavy atom. The number of anilines is 2. The van der Waals surface area contributed by atoms with Gasteiger partial charge < -0.3 is 10.2 Å². The highest BCUT2D eigenvalue weighted by Crippen LogP contribution is 2.47. The van der Waals surface area contributed by atoms with E-state index in [1.165, 1.54) is 17.7 Å². The van der Waals surface area contributed by atoms with Crippen molar-refractivity contribution >= 4 is 11.4 Å². The fourth-order valence-electron chi connectivity index (χ4n) is 3.83. The molecule has 120 valence electrons. The van der Waals surface area contributed by atoms with E-state index in [4.69, 9.17) is 0 Å². The number of halogens is 3. The van der Waals surface area contributed by atoms with E-state index >= 15 is 0 Å². The standard InChI is InChI=1S/C18H17F3N2/c19-18(20,21)12-4-3-5-13(10-12)23-16-7-2-1-6-14(16)15-11-22-9-8-17(15)23/h1-7,10,15,17,22H,8-9,11H2. The molecule has 2 heterocycles. The summed E-state index contributed by atoms with van der Waals surface area (Å²) >= 11 is 0. The second kappa shape index (κ2) is 5.27. The second-order valence-electron chi connectivity index (χ2n) is 6.14. The molecule has 2 unspecified atom stereocenters. The molecule has 4 rings (SSSR count). The van der Waals surface area contributed by atoms with Crippen LogP contribution in [0.3, 0.4) is 0 Å². The van der Waals surface area contributed by atoms with Crippen LogP contribution in [0.2, 0.25) is 0 Å². The lowest BCUT2D eigenvalue weighted by atomic mass is 9.90. The van der Waals surface area contributed by atoms with Crippen LogP contribution in [0.25, 0.3) is 0 Å². The van der Waals surface area contributed by atoms with Crippen molar-refractivity contribution in [2.24, 2.45) is 0 Å². The normalized spacial score (nSPS) is 23.5. The van der Waals surface area contributed by atoms with Crippen LogP contribution in [0, 0.1) is 0 Å². The van der Waals surface area contributed by atoms with Crippen LogP contribution in [-0.4, -0.2) is 19.1 Å². The highest BCUT2D eigenvalue weighted by Gasteiger charge is 2.41. The molecule has 2 nitrogen and oxygen atoms in total. The number of fused-ring (bicyclic) bond motifs is 3. The van der Waals surface area contributed by atoms with E-state index in [9.17, 15) is 13.2 Å². The van der Waals surface area contributed by atoms with Crippen LogP contribution in [0.1, 0.15) is 23.5 Å². The number of para-hydroxylation sites is 1. The summed E-state index contributed by atoms with van der Waals surface area (Å²) in [7, 11) is 0. The van der Waals surface area contributed by atoms with Gasteiger partial charge in [0.2, 0.25) is 0 Å². The average molecular weight is 318 g/mol. The van der Waals surface area contributed by atoms with Gasteiger partial charge in [0.1, 0.15) is 0 Å². The summed E-state index contributed by atoms with van der Waals surface area (Å²) in [5.74, 6) is 0.328. The molecule has 0 radical (unpaired) electrons. The third-order valence-corrected chi connectivity index (χ3v) is 4.82. The topological polar surface area (TPSA) is 15.3 Å². The summed E-state index contributed by atoms with van der Waals surface area (Å²) in [5.41, 5.74) is 2.29. The molecule has 0 saturated carbocycles. The number of benzene rings is 2. The number of piperidine rings is 1. The zero-order valence-electron chi connectivity index (χ0n) is 12.5. The van der Waals surface area contributed by atoms with Gasteiger partial charge in [-0.1, -0.05) is 24.3 Å². The van der Waals surface area contributed by atoms with Crippen molar-refractivity contribution in [1.29, 1.82) is 0 Å². The van der Waals surface area contributed by atoms with Crippen LogP contribution in [0.4, 0.5) is 24.5 Å². The molecule has 0 spiro atoms. The maximum atomic E-state index is 13.1. The summed E-state index contributed by atoms with van der Waals surface area (Å²) in [6.45, 7) is 1.77. The summed E-state index contributed by atoms with van der Waals surface area (Å²) in [6.07, 6.45) is -3.39. The van der Waals surface area contributed by atoms with Gasteiger partial charge in [-0.25, -0.2) is 0 Å². The number of hydrogen-bond acceptors (Lipinski definition) is 2. The van der Waals surface area contributed by atoms with Gasteiger partial charge >= 0.3 is 6.18 Å². The van der Waals surface area contributed by atoms with Crippen molar-refractivity contribution < 1.29 is 13.2 Å². The summed E-state index contributed by atoms with van der Waals surface area (Å²) in [5, 5.41) is 3.40. The molecule has 2 aromatic rings. The quantitative estimate of drug-likeness (QED) is 0.843. The van der Waals surface area contributed by atoms with Gasteiger partial charge in [-0.15, -0.1) is 0 Å². The number of nitrogens with one attached hydrogen (secondary N) is 1. The lowest BCUT2D eigenvalue weighted by Crippen LogP contribution is -2.42. The maximum Gasteiger partial charge on any atom is 0.416 e. The molecule has 0 bridgehead atoms. The Balaban J connectivity index is 1.81. The Morgan fingerprint density at radius 2 is 1.87 bits per heavy atom. The van der Waals surface area contributed by atoms with E-state index in [1.54, 1.807) is 6.07 Å². The highest BCUT2D eigenvalue weighted by atomic mass is 19.4. The molecule has 0 aromatic heterocycles. The molecular formula is C18H17F3N2. The van der Waals surface area contributed by atoms with E-state index in [2.05, 4.69) is 16.3 Å². The van der Waals surface area contributed by atoms with Crippen molar-refractivity contribution in [1.82, 2.24) is 5.32 Å². The molecular weight excluding hydrogens is 301 g/mol. The average Bonchev–Trinajstić information content (AvgIpc) is 2.89. The van der Waals surface area contributed by atoms with Crippen LogP contribution in [-0.2, 0) is 6.18 Å². The first-order chi connectivity index (χ1) is 11.1. The smallest absolute Gasteiger partial charge is 0.337 e. The fourth-order valence-corrected chi connectivity index (χ4v) is 3.83. The van der Waals surface area contributed by atoms with Gasteiger partial charge in [-0.3, -0.25) is 0 Å². The number of hydrogen-bond donors (Lipinski definition) is 1. The molecule has 2 aromatic carbocycles. The van der Waals surface area contributed by atoms with E-state index in [0.29, 0.717) is 11.6 Å². The number of nitrogens with zero attached hydrogens (tertiary/aromatic N) is 1. The Hall–Kier alpha value is -2.01. The first kappa shape index (κ1) is 14.6. The van der Waals surface area contributed by atoms with E-state index < -0.39 is 11.7 Å². The van der Waals surface area contributed by atoms with E-state index in [1.807, 2.05) is 18.2 Å². The Labute approximate surface area is 132 Å². The van der Waals surface area contributed by atoms with Crippen LogP contribution >= 0.6 is 0 Å². The first-order valence-corrected chi connectivity index (χ1v) is 7.82. The van der Waals surface area contributed by atoms with Gasteiger partial charge in [0.25, 0.3) is 0 Å². The predicted octanol–water partition coefficient (Wildman–Crippen LogP) is 4.30. The SMILES string of the molecule is FC(F)(F)c1cccc(N2c3ccccc3C3CNCCC32)c1. The molecule has 1 N–H and O–H groups in total. The van der Waals surface area contributed by atoms with Crippen molar-refractivity contribution in [2.75, 3.05) is 18.0 Å². The molecule has 0 aliphatic carbocycles. The highest BCUT2D eigenvalue weighted by molar-refractivity contribution is 5.73. The van der Waals surface area contributed by atoms with Crippen LogP contribution in [0.15, 0.2) is 48.5 Å². The summed E-state index contributed by atoms with van der Waals surface area (Å²) < 4.78 is 39.2. The molecule has 5 heteroatoms. The summed E-state index contributed by atoms with van der Waals surface area (Å²) in [6, 6.07) is 13.9. The molecule has 2 atom stereocenters. The van der Waals surface area contributed by atoms with E-state index in [-0.39, 0.29) is 6.04 Å². The Kier molecular flexibility index (Phi) is 3.34. The van der Waals surface area contributed by atoms with Crippen LogP contribution < -0.4 is 10.2 Å². The van der Waals surface area contributed by atoms with Crippen molar-refractivity contribution in [2.45, 2.75) is 24.6 Å².